The van der Waals surface area contributed by atoms with Crippen LogP contribution in [0.1, 0.15) is 16.1 Å². The zero-order valence-corrected chi connectivity index (χ0v) is 13.4. The summed E-state index contributed by atoms with van der Waals surface area (Å²) in [6, 6.07) is 9.45. The number of halogens is 1. The van der Waals surface area contributed by atoms with Crippen molar-refractivity contribution < 1.29 is 19.8 Å². The first-order valence-electron chi connectivity index (χ1n) is 7.08. The maximum atomic E-state index is 11.1. The van der Waals surface area contributed by atoms with Crippen LogP contribution in [0.3, 0.4) is 0 Å². The van der Waals surface area contributed by atoms with E-state index in [-0.39, 0.29) is 34.2 Å². The van der Waals surface area contributed by atoms with E-state index in [1.54, 1.807) is 28.8 Å². The van der Waals surface area contributed by atoms with Gasteiger partial charge in [-0.2, -0.15) is 0 Å². The van der Waals surface area contributed by atoms with Gasteiger partial charge in [0.1, 0.15) is 5.65 Å². The fourth-order valence-corrected chi connectivity index (χ4v) is 2.44. The van der Waals surface area contributed by atoms with E-state index >= 15 is 0 Å². The molecule has 1 aromatic carbocycles. The molecule has 3 aromatic rings. The Balaban J connectivity index is 2.05. The van der Waals surface area contributed by atoms with Crippen molar-refractivity contribution in [1.29, 1.82) is 0 Å². The first-order valence-corrected chi connectivity index (χ1v) is 7.46. The smallest absolute Gasteiger partial charge is 0.337 e. The average Bonchev–Trinajstić information content (AvgIpc) is 2.90. The van der Waals surface area contributed by atoms with Crippen molar-refractivity contribution in [2.75, 3.05) is 0 Å². The standard InChI is InChI=1S/C16H11ClN4O4/c17-11-5-4-9(7-10(11)16(24)25)19-20-15-12(8-14(22)23)18-13-3-1-2-6-21(13)15/h1-7H,8H2,(H,22,23)(H,24,25). The molecule has 0 saturated carbocycles. The Morgan fingerprint density at radius 3 is 2.68 bits per heavy atom. The van der Waals surface area contributed by atoms with E-state index in [9.17, 15) is 9.59 Å². The minimum absolute atomic E-state index is 0.0906. The summed E-state index contributed by atoms with van der Waals surface area (Å²) >= 11 is 5.82. The van der Waals surface area contributed by atoms with Crippen LogP contribution in [0.4, 0.5) is 11.5 Å². The molecule has 126 valence electrons. The third kappa shape index (κ3) is 3.48. The quantitative estimate of drug-likeness (QED) is 0.674. The van der Waals surface area contributed by atoms with Crippen molar-refractivity contribution in [2.45, 2.75) is 6.42 Å². The number of imidazole rings is 1. The van der Waals surface area contributed by atoms with Crippen molar-refractivity contribution in [3.05, 3.63) is 58.9 Å². The van der Waals surface area contributed by atoms with Gasteiger partial charge < -0.3 is 10.2 Å². The summed E-state index contributed by atoms with van der Waals surface area (Å²) in [5.74, 6) is -1.95. The molecule has 0 spiro atoms. The number of carboxylic acid groups (broad SMARTS) is 2. The summed E-state index contributed by atoms with van der Waals surface area (Å²) in [5, 5.41) is 26.3. The van der Waals surface area contributed by atoms with E-state index in [1.807, 2.05) is 0 Å². The van der Waals surface area contributed by atoms with Crippen molar-refractivity contribution >= 4 is 40.7 Å². The average molecular weight is 359 g/mol. The minimum atomic E-state index is -1.18. The monoisotopic (exact) mass is 358 g/mol. The largest absolute Gasteiger partial charge is 0.481 e. The number of aliphatic carboxylic acids is 1. The number of carboxylic acids is 2. The molecule has 0 saturated heterocycles. The molecule has 0 aliphatic rings. The molecule has 2 N–H and O–H groups in total. The zero-order valence-electron chi connectivity index (χ0n) is 12.6. The molecule has 3 rings (SSSR count). The fourth-order valence-electron chi connectivity index (χ4n) is 2.24. The van der Waals surface area contributed by atoms with Crippen molar-refractivity contribution in [3.63, 3.8) is 0 Å². The minimum Gasteiger partial charge on any atom is -0.481 e. The Morgan fingerprint density at radius 2 is 1.96 bits per heavy atom. The summed E-state index contributed by atoms with van der Waals surface area (Å²) in [6.45, 7) is 0. The van der Waals surface area contributed by atoms with E-state index in [0.29, 0.717) is 5.65 Å². The Bertz CT molecular complexity index is 1010. The van der Waals surface area contributed by atoms with E-state index in [4.69, 9.17) is 21.8 Å². The number of hydrogen-bond donors (Lipinski definition) is 2. The molecule has 0 amide bonds. The van der Waals surface area contributed by atoms with Gasteiger partial charge in [-0.3, -0.25) is 9.20 Å². The molecule has 0 aliphatic carbocycles. The van der Waals surface area contributed by atoms with Crippen molar-refractivity contribution in [1.82, 2.24) is 9.38 Å². The second-order valence-corrected chi connectivity index (χ2v) is 5.46. The lowest BCUT2D eigenvalue weighted by molar-refractivity contribution is -0.136. The zero-order chi connectivity index (χ0) is 18.0. The van der Waals surface area contributed by atoms with Crippen molar-refractivity contribution in [3.8, 4) is 0 Å². The summed E-state index contributed by atoms with van der Waals surface area (Å²) < 4.78 is 1.61. The fraction of sp³-hybridized carbons (Fsp3) is 0.0625. The Labute approximate surface area is 146 Å². The van der Waals surface area contributed by atoms with E-state index < -0.39 is 11.9 Å². The van der Waals surface area contributed by atoms with Crippen LogP contribution in [0.5, 0.6) is 0 Å². The van der Waals surface area contributed by atoms with Gasteiger partial charge in [-0.1, -0.05) is 17.7 Å². The molecule has 0 radical (unpaired) electrons. The van der Waals surface area contributed by atoms with Crippen LogP contribution in [0.2, 0.25) is 5.02 Å². The molecule has 0 fully saturated rings. The van der Waals surface area contributed by atoms with Gasteiger partial charge in [0.25, 0.3) is 0 Å². The highest BCUT2D eigenvalue weighted by Gasteiger charge is 2.15. The lowest BCUT2D eigenvalue weighted by Gasteiger charge is -2.00. The van der Waals surface area contributed by atoms with E-state index in [0.717, 1.165) is 0 Å². The highest BCUT2D eigenvalue weighted by Crippen LogP contribution is 2.27. The normalized spacial score (nSPS) is 11.2. The Kier molecular flexibility index (Phi) is 4.44. The van der Waals surface area contributed by atoms with Gasteiger partial charge in [-0.25, -0.2) is 9.78 Å². The lowest BCUT2D eigenvalue weighted by atomic mass is 10.2. The summed E-state index contributed by atoms with van der Waals surface area (Å²) in [6.07, 6.45) is 1.38. The number of hydrogen-bond acceptors (Lipinski definition) is 5. The number of azo groups is 1. The second-order valence-electron chi connectivity index (χ2n) is 5.05. The van der Waals surface area contributed by atoms with Crippen LogP contribution >= 0.6 is 11.6 Å². The molecule has 9 heteroatoms. The number of carbonyl (C=O) groups is 2. The number of pyridine rings is 1. The van der Waals surface area contributed by atoms with Gasteiger partial charge in [0, 0.05) is 6.20 Å². The van der Waals surface area contributed by atoms with Gasteiger partial charge in [0.05, 0.1) is 28.4 Å². The number of aromatic carboxylic acids is 1. The Hall–Kier alpha value is -3.26. The molecule has 2 aromatic heterocycles. The number of aromatic nitrogens is 2. The number of fused-ring (bicyclic) bond motifs is 1. The topological polar surface area (TPSA) is 117 Å². The number of benzene rings is 1. The van der Waals surface area contributed by atoms with Crippen LogP contribution in [0, 0.1) is 0 Å². The summed E-state index contributed by atoms with van der Waals surface area (Å²) in [4.78, 5) is 26.4. The third-order valence-electron chi connectivity index (χ3n) is 3.33. The molecule has 8 nitrogen and oxygen atoms in total. The van der Waals surface area contributed by atoms with Gasteiger partial charge in [-0.05, 0) is 30.3 Å². The second kappa shape index (κ2) is 6.70. The van der Waals surface area contributed by atoms with E-state index in [1.165, 1.54) is 18.2 Å². The molecule has 0 atom stereocenters. The molecule has 0 bridgehead atoms. The highest BCUT2D eigenvalue weighted by atomic mass is 35.5. The molecular formula is C16H11ClN4O4. The molecule has 0 aliphatic heterocycles. The van der Waals surface area contributed by atoms with Crippen LogP contribution in [-0.2, 0) is 11.2 Å². The number of rotatable bonds is 5. The van der Waals surface area contributed by atoms with E-state index in [2.05, 4.69) is 15.2 Å². The van der Waals surface area contributed by atoms with Crippen LogP contribution in [-0.4, -0.2) is 31.5 Å². The first-order chi connectivity index (χ1) is 12.0. The maximum absolute atomic E-state index is 11.1. The molecular weight excluding hydrogens is 348 g/mol. The van der Waals surface area contributed by atoms with Crippen LogP contribution in [0.25, 0.3) is 5.65 Å². The maximum Gasteiger partial charge on any atom is 0.337 e. The lowest BCUT2D eigenvalue weighted by Crippen LogP contribution is -2.00. The molecule has 0 unspecified atom stereocenters. The Morgan fingerprint density at radius 1 is 1.16 bits per heavy atom. The predicted molar refractivity (Wildman–Crippen MR) is 89.1 cm³/mol. The van der Waals surface area contributed by atoms with Gasteiger partial charge >= 0.3 is 11.9 Å². The first kappa shape index (κ1) is 16.6. The predicted octanol–water partition coefficient (Wildman–Crippen LogP) is 3.73. The van der Waals surface area contributed by atoms with Gasteiger partial charge in [0.2, 0.25) is 0 Å². The molecule has 25 heavy (non-hydrogen) atoms. The number of nitrogens with zero attached hydrogens (tertiary/aromatic N) is 4. The van der Waals surface area contributed by atoms with Crippen LogP contribution < -0.4 is 0 Å². The third-order valence-corrected chi connectivity index (χ3v) is 3.66. The van der Waals surface area contributed by atoms with Crippen LogP contribution in [0.15, 0.2) is 52.8 Å². The highest BCUT2D eigenvalue weighted by molar-refractivity contribution is 6.33. The summed E-state index contributed by atoms with van der Waals surface area (Å²) in [5.41, 5.74) is 0.973. The SMILES string of the molecule is O=C(O)Cc1nc2ccccn2c1N=Nc1ccc(Cl)c(C(=O)O)c1. The van der Waals surface area contributed by atoms with Gasteiger partial charge in [-0.15, -0.1) is 10.2 Å². The molecule has 2 heterocycles. The van der Waals surface area contributed by atoms with Gasteiger partial charge in [0.15, 0.2) is 5.82 Å². The summed E-state index contributed by atoms with van der Waals surface area (Å²) in [7, 11) is 0. The van der Waals surface area contributed by atoms with Crippen molar-refractivity contribution in [2.24, 2.45) is 10.2 Å².